The summed E-state index contributed by atoms with van der Waals surface area (Å²) in [6.45, 7) is -0.582. The SMILES string of the molecule is CCS(=O)(=O)c1ccc([C@H](CC#N)NC(=O)c2ccc(N3CCC[C@H]3COC(F)F)cc2)cc1. The molecule has 0 saturated carbocycles. The van der Waals surface area contributed by atoms with Gasteiger partial charge in [-0.3, -0.25) is 4.79 Å². The molecule has 182 valence electrons. The van der Waals surface area contributed by atoms with Crippen LogP contribution in [0.4, 0.5) is 14.5 Å². The van der Waals surface area contributed by atoms with Gasteiger partial charge in [-0.05, 0) is 54.8 Å². The zero-order chi connectivity index (χ0) is 24.7. The van der Waals surface area contributed by atoms with Crippen molar-refractivity contribution in [3.8, 4) is 6.07 Å². The Morgan fingerprint density at radius 2 is 1.88 bits per heavy atom. The lowest BCUT2D eigenvalue weighted by molar-refractivity contribution is -0.131. The highest BCUT2D eigenvalue weighted by atomic mass is 32.2. The van der Waals surface area contributed by atoms with Crippen molar-refractivity contribution in [1.29, 1.82) is 5.26 Å². The molecule has 1 amide bonds. The predicted octanol–water partition coefficient (Wildman–Crippen LogP) is 4.07. The fourth-order valence-electron chi connectivity index (χ4n) is 4.00. The fourth-order valence-corrected chi connectivity index (χ4v) is 4.88. The number of amides is 1. The van der Waals surface area contributed by atoms with Crippen LogP contribution in [0.3, 0.4) is 0 Å². The second-order valence-corrected chi connectivity index (χ2v) is 10.3. The van der Waals surface area contributed by atoms with Crippen LogP contribution >= 0.6 is 0 Å². The molecule has 1 aliphatic heterocycles. The fraction of sp³-hybridized carbons (Fsp3) is 0.417. The zero-order valence-electron chi connectivity index (χ0n) is 18.8. The van der Waals surface area contributed by atoms with Crippen LogP contribution in [0.15, 0.2) is 53.4 Å². The minimum atomic E-state index is -3.34. The lowest BCUT2D eigenvalue weighted by Gasteiger charge is -2.26. The van der Waals surface area contributed by atoms with Crippen molar-refractivity contribution in [2.75, 3.05) is 23.8 Å². The maximum absolute atomic E-state index is 12.8. The number of nitriles is 1. The first kappa shape index (κ1) is 25.6. The Morgan fingerprint density at radius 3 is 2.47 bits per heavy atom. The number of rotatable bonds is 10. The van der Waals surface area contributed by atoms with E-state index in [4.69, 9.17) is 0 Å². The molecular weight excluding hydrogens is 464 g/mol. The molecule has 1 aliphatic rings. The number of hydrogen-bond acceptors (Lipinski definition) is 6. The largest absolute Gasteiger partial charge is 0.366 e. The molecule has 0 aromatic heterocycles. The molecule has 2 atom stereocenters. The molecular formula is C24H27F2N3O4S. The average molecular weight is 492 g/mol. The van der Waals surface area contributed by atoms with Gasteiger partial charge in [0.25, 0.3) is 5.91 Å². The Kier molecular flexibility index (Phi) is 8.58. The van der Waals surface area contributed by atoms with Crippen LogP contribution in [0.5, 0.6) is 0 Å². The summed E-state index contributed by atoms with van der Waals surface area (Å²) < 4.78 is 53.3. The first-order chi connectivity index (χ1) is 16.2. The standard InChI is InChI=1S/C24H27F2N3O4S/c1-2-34(31,32)21-11-7-17(8-12-21)22(13-14-27)28-23(30)18-5-9-19(10-6-18)29-15-3-4-20(29)16-33-24(25)26/h5-12,20,22,24H,2-4,13,15-16H2,1H3,(H,28,30)/t20-,22-/m0/s1. The molecule has 0 aliphatic carbocycles. The van der Waals surface area contributed by atoms with Gasteiger partial charge in [0.1, 0.15) is 0 Å². The second kappa shape index (κ2) is 11.4. The molecule has 2 aromatic carbocycles. The highest BCUT2D eigenvalue weighted by Gasteiger charge is 2.26. The summed E-state index contributed by atoms with van der Waals surface area (Å²) in [5, 5.41) is 12.0. The molecule has 7 nitrogen and oxygen atoms in total. The molecule has 0 radical (unpaired) electrons. The van der Waals surface area contributed by atoms with E-state index >= 15 is 0 Å². The van der Waals surface area contributed by atoms with Crippen LogP contribution in [0.1, 0.15) is 48.1 Å². The monoisotopic (exact) mass is 491 g/mol. The highest BCUT2D eigenvalue weighted by molar-refractivity contribution is 7.91. The number of benzene rings is 2. The van der Waals surface area contributed by atoms with Crippen molar-refractivity contribution in [3.05, 3.63) is 59.7 Å². The van der Waals surface area contributed by atoms with E-state index in [0.717, 1.165) is 25.1 Å². The van der Waals surface area contributed by atoms with Crippen LogP contribution in [-0.2, 0) is 14.6 Å². The first-order valence-corrected chi connectivity index (χ1v) is 12.7. The van der Waals surface area contributed by atoms with Gasteiger partial charge in [-0.15, -0.1) is 0 Å². The summed E-state index contributed by atoms with van der Waals surface area (Å²) >= 11 is 0. The Hall–Kier alpha value is -3.03. The molecule has 2 aromatic rings. The summed E-state index contributed by atoms with van der Waals surface area (Å²) in [6, 6.07) is 14.3. The minimum Gasteiger partial charge on any atom is -0.366 e. The van der Waals surface area contributed by atoms with Gasteiger partial charge < -0.3 is 15.0 Å². The molecule has 34 heavy (non-hydrogen) atoms. The van der Waals surface area contributed by atoms with E-state index in [2.05, 4.69) is 10.1 Å². The van der Waals surface area contributed by atoms with Crippen molar-refractivity contribution in [2.45, 2.75) is 49.8 Å². The number of ether oxygens (including phenoxy) is 1. The van der Waals surface area contributed by atoms with Crippen molar-refractivity contribution >= 4 is 21.4 Å². The van der Waals surface area contributed by atoms with Gasteiger partial charge >= 0.3 is 6.61 Å². The summed E-state index contributed by atoms with van der Waals surface area (Å²) in [7, 11) is -3.34. The number of alkyl halides is 2. The first-order valence-electron chi connectivity index (χ1n) is 11.0. The molecule has 1 fully saturated rings. The van der Waals surface area contributed by atoms with E-state index in [1.54, 1.807) is 43.3 Å². The minimum absolute atomic E-state index is 0.0158. The molecule has 10 heteroatoms. The van der Waals surface area contributed by atoms with Crippen molar-refractivity contribution < 1.29 is 26.7 Å². The van der Waals surface area contributed by atoms with Gasteiger partial charge in [0.05, 0.1) is 41.8 Å². The third kappa shape index (κ3) is 6.30. The molecule has 1 saturated heterocycles. The second-order valence-electron chi connectivity index (χ2n) is 7.99. The van der Waals surface area contributed by atoms with E-state index in [9.17, 15) is 27.3 Å². The van der Waals surface area contributed by atoms with E-state index in [-0.39, 0.29) is 35.6 Å². The lowest BCUT2D eigenvalue weighted by Crippen LogP contribution is -2.33. The van der Waals surface area contributed by atoms with Crippen LogP contribution in [0, 0.1) is 11.3 Å². The van der Waals surface area contributed by atoms with E-state index in [1.807, 2.05) is 11.0 Å². The van der Waals surface area contributed by atoms with Gasteiger partial charge in [-0.1, -0.05) is 19.1 Å². The topological polar surface area (TPSA) is 99.5 Å². The van der Waals surface area contributed by atoms with Crippen LogP contribution < -0.4 is 10.2 Å². The maximum Gasteiger partial charge on any atom is 0.345 e. The highest BCUT2D eigenvalue weighted by Crippen LogP contribution is 2.27. The summed E-state index contributed by atoms with van der Waals surface area (Å²) in [4.78, 5) is 15.0. The average Bonchev–Trinajstić information content (AvgIpc) is 3.31. The summed E-state index contributed by atoms with van der Waals surface area (Å²) in [6.07, 6.45) is 1.64. The number of nitrogens with zero attached hydrogens (tertiary/aromatic N) is 2. The lowest BCUT2D eigenvalue weighted by atomic mass is 10.0. The normalized spacial score (nSPS) is 16.9. The van der Waals surface area contributed by atoms with Gasteiger partial charge in [-0.2, -0.15) is 14.0 Å². The van der Waals surface area contributed by atoms with Crippen molar-refractivity contribution in [1.82, 2.24) is 5.32 Å². The van der Waals surface area contributed by atoms with Crippen molar-refractivity contribution in [3.63, 3.8) is 0 Å². The van der Waals surface area contributed by atoms with E-state index in [1.165, 1.54) is 12.1 Å². The zero-order valence-corrected chi connectivity index (χ0v) is 19.6. The van der Waals surface area contributed by atoms with Gasteiger partial charge in [0, 0.05) is 17.8 Å². The quantitative estimate of drug-likeness (QED) is 0.538. The summed E-state index contributed by atoms with van der Waals surface area (Å²) in [5.74, 6) is -0.394. The van der Waals surface area contributed by atoms with Gasteiger partial charge in [0.2, 0.25) is 0 Å². The van der Waals surface area contributed by atoms with Crippen LogP contribution in [-0.4, -0.2) is 45.9 Å². The molecule has 0 unspecified atom stereocenters. The van der Waals surface area contributed by atoms with Gasteiger partial charge in [-0.25, -0.2) is 8.42 Å². The number of carbonyl (C=O) groups is 1. The molecule has 1 N–H and O–H groups in total. The number of anilines is 1. The molecule has 0 spiro atoms. The number of nitrogens with one attached hydrogen (secondary N) is 1. The Bertz CT molecular complexity index is 1120. The third-order valence-electron chi connectivity index (χ3n) is 5.88. The van der Waals surface area contributed by atoms with E-state index in [0.29, 0.717) is 11.1 Å². The number of halogens is 2. The predicted molar refractivity (Wildman–Crippen MR) is 123 cm³/mol. The Morgan fingerprint density at radius 1 is 1.21 bits per heavy atom. The van der Waals surface area contributed by atoms with Crippen molar-refractivity contribution in [2.24, 2.45) is 0 Å². The molecule has 0 bridgehead atoms. The summed E-state index contributed by atoms with van der Waals surface area (Å²) in [5.41, 5.74) is 1.83. The van der Waals surface area contributed by atoms with Gasteiger partial charge in [0.15, 0.2) is 9.84 Å². The van der Waals surface area contributed by atoms with E-state index < -0.39 is 22.5 Å². The Labute approximate surface area is 198 Å². The van der Waals surface area contributed by atoms with Crippen LogP contribution in [0.25, 0.3) is 0 Å². The van der Waals surface area contributed by atoms with Crippen LogP contribution in [0.2, 0.25) is 0 Å². The number of hydrogen-bond donors (Lipinski definition) is 1. The third-order valence-corrected chi connectivity index (χ3v) is 7.63. The molecule has 1 heterocycles. The maximum atomic E-state index is 12.8. The number of sulfone groups is 1. The smallest absolute Gasteiger partial charge is 0.345 e. The Balaban J connectivity index is 1.69. The molecule has 3 rings (SSSR count). The number of carbonyl (C=O) groups excluding carboxylic acids is 1.